The minimum atomic E-state index is -2.88. The third-order valence-corrected chi connectivity index (χ3v) is 4.71. The number of hydrogen-bond donors (Lipinski definition) is 2. The molecule has 1 aliphatic rings. The van der Waals surface area contributed by atoms with Crippen molar-refractivity contribution in [3.63, 3.8) is 0 Å². The standard InChI is InChI=1S/C11H17N3O2S/c12-10-3-2-9(8-11(10)13)14-4-1-6-17(15,16)7-5-14/h2-3,8H,1,4-7,12-13H2. The molecule has 6 heteroatoms. The van der Waals surface area contributed by atoms with Gasteiger partial charge in [0.05, 0.1) is 22.9 Å². The van der Waals surface area contributed by atoms with Crippen molar-refractivity contribution in [1.82, 2.24) is 0 Å². The predicted octanol–water partition coefficient (Wildman–Crippen LogP) is 0.476. The van der Waals surface area contributed by atoms with Crippen molar-refractivity contribution in [3.05, 3.63) is 18.2 Å². The van der Waals surface area contributed by atoms with E-state index in [1.165, 1.54) is 0 Å². The number of nitrogen functional groups attached to an aromatic ring is 2. The Morgan fingerprint density at radius 3 is 2.53 bits per heavy atom. The molecule has 2 rings (SSSR count). The fourth-order valence-corrected chi connectivity index (χ4v) is 3.23. The van der Waals surface area contributed by atoms with E-state index >= 15 is 0 Å². The van der Waals surface area contributed by atoms with E-state index < -0.39 is 9.84 Å². The van der Waals surface area contributed by atoms with Crippen molar-refractivity contribution in [2.45, 2.75) is 6.42 Å². The van der Waals surface area contributed by atoms with Gasteiger partial charge in [-0.3, -0.25) is 0 Å². The summed E-state index contributed by atoms with van der Waals surface area (Å²) < 4.78 is 23.0. The van der Waals surface area contributed by atoms with Gasteiger partial charge in [-0.25, -0.2) is 8.42 Å². The van der Waals surface area contributed by atoms with Crippen LogP contribution >= 0.6 is 0 Å². The first kappa shape index (κ1) is 12.0. The zero-order chi connectivity index (χ0) is 12.5. The van der Waals surface area contributed by atoms with Crippen molar-refractivity contribution in [2.75, 3.05) is 41.0 Å². The number of nitrogens with two attached hydrogens (primary N) is 2. The third kappa shape index (κ3) is 2.82. The second-order valence-corrected chi connectivity index (χ2v) is 6.61. The summed E-state index contributed by atoms with van der Waals surface area (Å²) in [7, 11) is -2.88. The molecule has 0 aromatic heterocycles. The monoisotopic (exact) mass is 255 g/mol. The van der Waals surface area contributed by atoms with Crippen LogP contribution in [0.4, 0.5) is 17.1 Å². The van der Waals surface area contributed by atoms with Crippen LogP contribution in [0.3, 0.4) is 0 Å². The Morgan fingerprint density at radius 1 is 1.06 bits per heavy atom. The van der Waals surface area contributed by atoms with Crippen molar-refractivity contribution in [2.24, 2.45) is 0 Å². The van der Waals surface area contributed by atoms with E-state index in [-0.39, 0.29) is 11.5 Å². The number of hydrogen-bond acceptors (Lipinski definition) is 5. The summed E-state index contributed by atoms with van der Waals surface area (Å²) in [5.74, 6) is 0.477. The van der Waals surface area contributed by atoms with E-state index in [1.54, 1.807) is 12.1 Å². The zero-order valence-electron chi connectivity index (χ0n) is 9.59. The minimum absolute atomic E-state index is 0.206. The Bertz CT molecular complexity index is 513. The molecule has 0 spiro atoms. The smallest absolute Gasteiger partial charge is 0.152 e. The second-order valence-electron chi connectivity index (χ2n) is 4.31. The number of rotatable bonds is 1. The largest absolute Gasteiger partial charge is 0.397 e. The minimum Gasteiger partial charge on any atom is -0.397 e. The van der Waals surface area contributed by atoms with Gasteiger partial charge in [-0.05, 0) is 24.6 Å². The van der Waals surface area contributed by atoms with Gasteiger partial charge in [0.15, 0.2) is 9.84 Å². The van der Waals surface area contributed by atoms with Crippen molar-refractivity contribution < 1.29 is 8.42 Å². The molecule has 0 unspecified atom stereocenters. The first-order chi connectivity index (χ1) is 7.98. The molecule has 1 fully saturated rings. The van der Waals surface area contributed by atoms with Crippen molar-refractivity contribution >= 4 is 26.9 Å². The maximum absolute atomic E-state index is 11.5. The Morgan fingerprint density at radius 2 is 1.82 bits per heavy atom. The van der Waals surface area contributed by atoms with E-state index in [0.29, 0.717) is 24.3 Å². The number of sulfone groups is 1. The van der Waals surface area contributed by atoms with Gasteiger partial charge in [0.1, 0.15) is 0 Å². The fraction of sp³-hybridized carbons (Fsp3) is 0.455. The van der Waals surface area contributed by atoms with Gasteiger partial charge in [0, 0.05) is 18.8 Å². The van der Waals surface area contributed by atoms with Crippen molar-refractivity contribution in [3.8, 4) is 0 Å². The lowest BCUT2D eigenvalue weighted by atomic mass is 10.2. The maximum atomic E-state index is 11.5. The lowest BCUT2D eigenvalue weighted by molar-refractivity contribution is 0.597. The average molecular weight is 255 g/mol. The summed E-state index contributed by atoms with van der Waals surface area (Å²) in [4.78, 5) is 2.04. The lowest BCUT2D eigenvalue weighted by Gasteiger charge is -2.22. The number of anilines is 3. The van der Waals surface area contributed by atoms with Gasteiger partial charge in [-0.1, -0.05) is 0 Å². The van der Waals surface area contributed by atoms with Crippen LogP contribution < -0.4 is 16.4 Å². The van der Waals surface area contributed by atoms with Crippen LogP contribution in [0.5, 0.6) is 0 Å². The highest BCUT2D eigenvalue weighted by Gasteiger charge is 2.19. The number of nitrogens with zero attached hydrogens (tertiary/aromatic N) is 1. The van der Waals surface area contributed by atoms with E-state index in [9.17, 15) is 8.42 Å². The first-order valence-electron chi connectivity index (χ1n) is 5.58. The summed E-state index contributed by atoms with van der Waals surface area (Å²) in [5.41, 5.74) is 13.4. The predicted molar refractivity (Wildman–Crippen MR) is 70.8 cm³/mol. The molecule has 1 aliphatic heterocycles. The molecule has 0 aliphatic carbocycles. The molecule has 0 bridgehead atoms. The molecule has 1 heterocycles. The Kier molecular flexibility index (Phi) is 3.15. The van der Waals surface area contributed by atoms with E-state index in [1.807, 2.05) is 11.0 Å². The molecule has 0 saturated carbocycles. The Balaban J connectivity index is 2.20. The van der Waals surface area contributed by atoms with Crippen LogP contribution in [0, 0.1) is 0 Å². The molecule has 94 valence electrons. The highest BCUT2D eigenvalue weighted by molar-refractivity contribution is 7.91. The highest BCUT2D eigenvalue weighted by atomic mass is 32.2. The molecule has 1 aromatic carbocycles. The second kappa shape index (κ2) is 4.44. The topological polar surface area (TPSA) is 89.4 Å². The van der Waals surface area contributed by atoms with Crippen LogP contribution in [0.15, 0.2) is 18.2 Å². The van der Waals surface area contributed by atoms with Crippen LogP contribution in [0.25, 0.3) is 0 Å². The lowest BCUT2D eigenvalue weighted by Crippen LogP contribution is -2.26. The summed E-state index contributed by atoms with van der Waals surface area (Å²) >= 11 is 0. The van der Waals surface area contributed by atoms with E-state index in [0.717, 1.165) is 12.2 Å². The number of benzene rings is 1. The van der Waals surface area contributed by atoms with Gasteiger partial charge < -0.3 is 16.4 Å². The summed E-state index contributed by atoms with van der Waals surface area (Å²) in [6.45, 7) is 1.26. The summed E-state index contributed by atoms with van der Waals surface area (Å²) in [6.07, 6.45) is 0.659. The molecular formula is C11H17N3O2S. The highest BCUT2D eigenvalue weighted by Crippen LogP contribution is 2.24. The fourth-order valence-electron chi connectivity index (χ4n) is 1.96. The molecule has 0 radical (unpaired) electrons. The van der Waals surface area contributed by atoms with Gasteiger partial charge >= 0.3 is 0 Å². The normalized spacial score (nSPS) is 19.9. The van der Waals surface area contributed by atoms with E-state index in [4.69, 9.17) is 11.5 Å². The van der Waals surface area contributed by atoms with Crippen LogP contribution in [0.1, 0.15) is 6.42 Å². The van der Waals surface area contributed by atoms with Crippen LogP contribution in [0.2, 0.25) is 0 Å². The summed E-state index contributed by atoms with van der Waals surface area (Å²) in [5, 5.41) is 0. The molecular weight excluding hydrogens is 238 g/mol. The van der Waals surface area contributed by atoms with Gasteiger partial charge in [-0.15, -0.1) is 0 Å². The third-order valence-electron chi connectivity index (χ3n) is 2.99. The molecule has 1 saturated heterocycles. The maximum Gasteiger partial charge on any atom is 0.152 e. The quantitative estimate of drug-likeness (QED) is 0.712. The summed E-state index contributed by atoms with van der Waals surface area (Å²) in [6, 6.07) is 5.43. The van der Waals surface area contributed by atoms with Gasteiger partial charge in [0.25, 0.3) is 0 Å². The molecule has 4 N–H and O–H groups in total. The Labute approximate surface area is 101 Å². The van der Waals surface area contributed by atoms with Gasteiger partial charge in [-0.2, -0.15) is 0 Å². The van der Waals surface area contributed by atoms with Crippen LogP contribution in [-0.2, 0) is 9.84 Å². The van der Waals surface area contributed by atoms with Crippen LogP contribution in [-0.4, -0.2) is 33.0 Å². The molecule has 1 aromatic rings. The van der Waals surface area contributed by atoms with E-state index in [2.05, 4.69) is 0 Å². The SMILES string of the molecule is Nc1ccc(N2CCCS(=O)(=O)CC2)cc1N. The van der Waals surface area contributed by atoms with Gasteiger partial charge in [0.2, 0.25) is 0 Å². The average Bonchev–Trinajstić information content (AvgIpc) is 2.44. The van der Waals surface area contributed by atoms with Crippen molar-refractivity contribution in [1.29, 1.82) is 0 Å². The molecule has 0 amide bonds. The molecule has 0 atom stereocenters. The first-order valence-corrected chi connectivity index (χ1v) is 7.40. The Hall–Kier alpha value is -1.43. The zero-order valence-corrected chi connectivity index (χ0v) is 10.4. The molecule has 5 nitrogen and oxygen atoms in total. The molecule has 17 heavy (non-hydrogen) atoms.